The minimum Gasteiger partial charge on any atom is -0.380 e. The molecule has 21 heavy (non-hydrogen) atoms. The number of anilines is 1. The van der Waals surface area contributed by atoms with Crippen LogP contribution in [0.3, 0.4) is 0 Å². The van der Waals surface area contributed by atoms with Crippen LogP contribution in [0.4, 0.5) is 5.69 Å². The van der Waals surface area contributed by atoms with Gasteiger partial charge in [0.05, 0.1) is 12.1 Å². The number of hydrogen-bond donors (Lipinski definition) is 1. The summed E-state index contributed by atoms with van der Waals surface area (Å²) in [5, 5.41) is 4.63. The molecule has 106 valence electrons. The Morgan fingerprint density at radius 3 is 2.57 bits per heavy atom. The van der Waals surface area contributed by atoms with E-state index >= 15 is 0 Å². The van der Waals surface area contributed by atoms with Crippen LogP contribution < -0.4 is 5.32 Å². The SMILES string of the molecule is COCc1ccc(CNc2cccc3ncccc23)cc1. The van der Waals surface area contributed by atoms with Crippen molar-refractivity contribution < 1.29 is 4.74 Å². The average Bonchev–Trinajstić information content (AvgIpc) is 2.54. The molecule has 0 bridgehead atoms. The molecule has 0 radical (unpaired) electrons. The summed E-state index contributed by atoms with van der Waals surface area (Å²) in [5.74, 6) is 0. The Labute approximate surface area is 124 Å². The number of rotatable bonds is 5. The molecule has 0 fully saturated rings. The molecule has 0 unspecified atom stereocenters. The average molecular weight is 278 g/mol. The molecule has 3 heteroatoms. The summed E-state index contributed by atoms with van der Waals surface area (Å²) in [5.41, 5.74) is 4.56. The van der Waals surface area contributed by atoms with Gasteiger partial charge in [-0.2, -0.15) is 0 Å². The van der Waals surface area contributed by atoms with Gasteiger partial charge in [-0.1, -0.05) is 30.3 Å². The van der Waals surface area contributed by atoms with Crippen molar-refractivity contribution in [1.29, 1.82) is 0 Å². The first-order chi connectivity index (χ1) is 10.4. The van der Waals surface area contributed by atoms with E-state index in [1.54, 1.807) is 7.11 Å². The molecule has 0 atom stereocenters. The summed E-state index contributed by atoms with van der Waals surface area (Å²) >= 11 is 0. The lowest BCUT2D eigenvalue weighted by Crippen LogP contribution is -2.00. The van der Waals surface area contributed by atoms with Crippen LogP contribution in [-0.4, -0.2) is 12.1 Å². The zero-order valence-corrected chi connectivity index (χ0v) is 12.0. The highest BCUT2D eigenvalue weighted by atomic mass is 16.5. The number of nitrogens with one attached hydrogen (secondary N) is 1. The van der Waals surface area contributed by atoms with Crippen molar-refractivity contribution in [2.24, 2.45) is 0 Å². The lowest BCUT2D eigenvalue weighted by atomic mass is 10.1. The third-order valence-corrected chi connectivity index (χ3v) is 3.46. The van der Waals surface area contributed by atoms with E-state index in [4.69, 9.17) is 4.74 Å². The number of pyridine rings is 1. The maximum absolute atomic E-state index is 5.12. The largest absolute Gasteiger partial charge is 0.380 e. The smallest absolute Gasteiger partial charge is 0.0722 e. The number of ether oxygens (including phenoxy) is 1. The highest BCUT2D eigenvalue weighted by Crippen LogP contribution is 2.21. The van der Waals surface area contributed by atoms with E-state index in [-0.39, 0.29) is 0 Å². The van der Waals surface area contributed by atoms with Crippen molar-refractivity contribution in [3.8, 4) is 0 Å². The van der Waals surface area contributed by atoms with Crippen LogP contribution in [0.2, 0.25) is 0 Å². The fourth-order valence-electron chi connectivity index (χ4n) is 2.37. The zero-order valence-electron chi connectivity index (χ0n) is 12.0. The van der Waals surface area contributed by atoms with Crippen molar-refractivity contribution in [2.45, 2.75) is 13.2 Å². The Kier molecular flexibility index (Phi) is 4.12. The minimum atomic E-state index is 0.655. The Balaban J connectivity index is 1.74. The van der Waals surface area contributed by atoms with E-state index in [1.807, 2.05) is 24.4 Å². The number of hydrogen-bond acceptors (Lipinski definition) is 3. The number of methoxy groups -OCH3 is 1. The molecule has 3 aromatic rings. The topological polar surface area (TPSA) is 34.1 Å². The fourth-order valence-corrected chi connectivity index (χ4v) is 2.37. The summed E-state index contributed by atoms with van der Waals surface area (Å²) in [6.07, 6.45) is 1.82. The standard InChI is InChI=1S/C18H18N2O/c1-21-13-15-9-7-14(8-10-15)12-20-18-6-2-5-17-16(18)4-3-11-19-17/h2-11,20H,12-13H2,1H3. The second-order valence-electron chi connectivity index (χ2n) is 4.98. The molecule has 0 aliphatic heterocycles. The van der Waals surface area contributed by atoms with Gasteiger partial charge < -0.3 is 10.1 Å². The molecule has 1 aromatic heterocycles. The lowest BCUT2D eigenvalue weighted by molar-refractivity contribution is 0.185. The van der Waals surface area contributed by atoms with E-state index in [9.17, 15) is 0 Å². The van der Waals surface area contributed by atoms with Crippen LogP contribution in [0.15, 0.2) is 60.8 Å². The highest BCUT2D eigenvalue weighted by Gasteiger charge is 2.01. The third kappa shape index (κ3) is 3.20. The quantitative estimate of drug-likeness (QED) is 0.766. The first-order valence-electron chi connectivity index (χ1n) is 7.01. The summed E-state index contributed by atoms with van der Waals surface area (Å²) in [4.78, 5) is 4.38. The summed E-state index contributed by atoms with van der Waals surface area (Å²) in [7, 11) is 1.71. The van der Waals surface area contributed by atoms with Gasteiger partial charge in [-0.3, -0.25) is 4.98 Å². The highest BCUT2D eigenvalue weighted by molar-refractivity contribution is 5.91. The van der Waals surface area contributed by atoms with E-state index in [0.29, 0.717) is 6.61 Å². The second-order valence-corrected chi connectivity index (χ2v) is 4.98. The van der Waals surface area contributed by atoms with Gasteiger partial charge in [0.1, 0.15) is 0 Å². The third-order valence-electron chi connectivity index (χ3n) is 3.46. The van der Waals surface area contributed by atoms with Crippen LogP contribution >= 0.6 is 0 Å². The van der Waals surface area contributed by atoms with Gasteiger partial charge in [-0.25, -0.2) is 0 Å². The predicted molar refractivity (Wildman–Crippen MR) is 86.2 cm³/mol. The fraction of sp³-hybridized carbons (Fsp3) is 0.167. The Morgan fingerprint density at radius 2 is 1.76 bits per heavy atom. The number of benzene rings is 2. The van der Waals surface area contributed by atoms with Gasteiger partial charge in [-0.05, 0) is 35.4 Å². The van der Waals surface area contributed by atoms with E-state index < -0.39 is 0 Å². The Hall–Kier alpha value is -2.39. The molecule has 0 aliphatic carbocycles. The molecule has 1 N–H and O–H groups in total. The Bertz CT molecular complexity index is 717. The molecule has 3 rings (SSSR count). The molecule has 0 spiro atoms. The number of nitrogens with zero attached hydrogens (tertiary/aromatic N) is 1. The maximum atomic E-state index is 5.12. The number of aromatic nitrogens is 1. The van der Waals surface area contributed by atoms with Crippen LogP contribution in [0.5, 0.6) is 0 Å². The summed E-state index contributed by atoms with van der Waals surface area (Å²) in [6, 6.07) is 18.7. The van der Waals surface area contributed by atoms with Crippen LogP contribution in [-0.2, 0) is 17.9 Å². The number of fused-ring (bicyclic) bond motifs is 1. The van der Waals surface area contributed by atoms with Gasteiger partial charge >= 0.3 is 0 Å². The van der Waals surface area contributed by atoms with Crippen molar-refractivity contribution >= 4 is 16.6 Å². The minimum absolute atomic E-state index is 0.655. The van der Waals surface area contributed by atoms with Crippen LogP contribution in [0, 0.1) is 0 Å². The normalized spacial score (nSPS) is 10.7. The van der Waals surface area contributed by atoms with E-state index in [0.717, 1.165) is 23.1 Å². The molecule has 3 nitrogen and oxygen atoms in total. The van der Waals surface area contributed by atoms with Gasteiger partial charge in [-0.15, -0.1) is 0 Å². The summed E-state index contributed by atoms with van der Waals surface area (Å²) in [6.45, 7) is 1.45. The van der Waals surface area contributed by atoms with Gasteiger partial charge in [0.15, 0.2) is 0 Å². The molecular formula is C18H18N2O. The van der Waals surface area contributed by atoms with Crippen molar-refractivity contribution in [2.75, 3.05) is 12.4 Å². The lowest BCUT2D eigenvalue weighted by Gasteiger charge is -2.10. The molecular weight excluding hydrogens is 260 g/mol. The Morgan fingerprint density at radius 1 is 0.952 bits per heavy atom. The molecule has 0 aliphatic rings. The van der Waals surface area contributed by atoms with Crippen molar-refractivity contribution in [3.05, 3.63) is 71.9 Å². The first kappa shape index (κ1) is 13.6. The van der Waals surface area contributed by atoms with Gasteiger partial charge in [0, 0.05) is 30.9 Å². The van der Waals surface area contributed by atoms with E-state index in [1.165, 1.54) is 11.1 Å². The monoisotopic (exact) mass is 278 g/mol. The van der Waals surface area contributed by atoms with Gasteiger partial charge in [0.2, 0.25) is 0 Å². The van der Waals surface area contributed by atoms with Crippen molar-refractivity contribution in [3.63, 3.8) is 0 Å². The van der Waals surface area contributed by atoms with Crippen molar-refractivity contribution in [1.82, 2.24) is 4.98 Å². The van der Waals surface area contributed by atoms with E-state index in [2.05, 4.69) is 46.7 Å². The molecule has 2 aromatic carbocycles. The molecule has 0 saturated heterocycles. The summed E-state index contributed by atoms with van der Waals surface area (Å²) < 4.78 is 5.12. The molecule has 0 saturated carbocycles. The first-order valence-corrected chi connectivity index (χ1v) is 7.01. The predicted octanol–water partition coefficient (Wildman–Crippen LogP) is 3.99. The molecule has 0 amide bonds. The van der Waals surface area contributed by atoms with Gasteiger partial charge in [0.25, 0.3) is 0 Å². The van der Waals surface area contributed by atoms with Crippen LogP contribution in [0.25, 0.3) is 10.9 Å². The van der Waals surface area contributed by atoms with Crippen LogP contribution in [0.1, 0.15) is 11.1 Å². The maximum Gasteiger partial charge on any atom is 0.0722 e. The second kappa shape index (κ2) is 6.37. The molecule has 1 heterocycles. The zero-order chi connectivity index (χ0) is 14.5.